The minimum Gasteiger partial charge on any atom is -0.469 e. The van der Waals surface area contributed by atoms with Crippen molar-refractivity contribution in [1.29, 1.82) is 0 Å². The van der Waals surface area contributed by atoms with Gasteiger partial charge in [-0.2, -0.15) is 0 Å². The molecular weight excluding hydrogens is 254 g/mol. The Hall–Kier alpha value is -1.49. The van der Waals surface area contributed by atoms with Gasteiger partial charge < -0.3 is 14.2 Å². The fourth-order valence-corrected chi connectivity index (χ4v) is 1.75. The van der Waals surface area contributed by atoms with E-state index in [2.05, 4.69) is 22.4 Å². The summed E-state index contributed by atoms with van der Waals surface area (Å²) >= 11 is 5.60. The van der Waals surface area contributed by atoms with Crippen molar-refractivity contribution < 1.29 is 8.83 Å². The van der Waals surface area contributed by atoms with Crippen LogP contribution in [0.3, 0.4) is 0 Å². The lowest BCUT2D eigenvalue weighted by Gasteiger charge is -2.10. The normalized spacial score (nSPS) is 12.6. The Labute approximate surface area is 111 Å². The second-order valence-corrected chi connectivity index (χ2v) is 4.48. The highest BCUT2D eigenvalue weighted by Crippen LogP contribution is 2.11. The van der Waals surface area contributed by atoms with Gasteiger partial charge in [0.25, 0.3) is 0 Å². The maximum atomic E-state index is 5.60. The summed E-state index contributed by atoms with van der Waals surface area (Å²) < 4.78 is 10.7. The first kappa shape index (κ1) is 13.0. The molecule has 0 aliphatic heterocycles. The van der Waals surface area contributed by atoms with Gasteiger partial charge in [-0.25, -0.2) is 0 Å². The topological polar surface area (TPSA) is 64.1 Å². The van der Waals surface area contributed by atoms with Crippen LogP contribution in [0, 0.1) is 0 Å². The van der Waals surface area contributed by atoms with Crippen LogP contribution in [0.4, 0.5) is 6.01 Å². The number of anilines is 1. The van der Waals surface area contributed by atoms with Crippen LogP contribution >= 0.6 is 11.6 Å². The third kappa shape index (κ3) is 3.77. The van der Waals surface area contributed by atoms with Gasteiger partial charge in [0.15, 0.2) is 0 Å². The third-order valence-electron chi connectivity index (χ3n) is 2.55. The van der Waals surface area contributed by atoms with Crippen LogP contribution in [-0.4, -0.2) is 22.1 Å². The molecule has 0 spiro atoms. The average molecular weight is 270 g/mol. The Kier molecular flexibility index (Phi) is 4.64. The van der Waals surface area contributed by atoms with Crippen LogP contribution in [0.15, 0.2) is 27.2 Å². The van der Waals surface area contributed by atoms with Crippen molar-refractivity contribution in [2.45, 2.75) is 32.2 Å². The van der Waals surface area contributed by atoms with Gasteiger partial charge in [0.2, 0.25) is 5.89 Å². The minimum atomic E-state index is 0.236. The maximum Gasteiger partial charge on any atom is 0.315 e. The first-order valence-electron chi connectivity index (χ1n) is 5.95. The van der Waals surface area contributed by atoms with E-state index in [1.165, 1.54) is 0 Å². The van der Waals surface area contributed by atoms with Crippen LogP contribution in [0.5, 0.6) is 0 Å². The van der Waals surface area contributed by atoms with E-state index in [9.17, 15) is 0 Å². The molecule has 1 atom stereocenters. The predicted octanol–water partition coefficient (Wildman–Crippen LogP) is 2.88. The molecule has 0 aliphatic carbocycles. The second kappa shape index (κ2) is 6.44. The Balaban J connectivity index is 1.77. The molecule has 1 unspecified atom stereocenters. The lowest BCUT2D eigenvalue weighted by molar-refractivity contribution is 0.484. The maximum absolute atomic E-state index is 5.60. The summed E-state index contributed by atoms with van der Waals surface area (Å²) in [6, 6.07) is 4.54. The van der Waals surface area contributed by atoms with Crippen LogP contribution in [0.1, 0.15) is 25.0 Å². The molecule has 0 saturated carbocycles. The summed E-state index contributed by atoms with van der Waals surface area (Å²) in [7, 11) is 0. The lowest BCUT2D eigenvalue weighted by Crippen LogP contribution is -2.16. The van der Waals surface area contributed by atoms with E-state index in [-0.39, 0.29) is 6.04 Å². The molecule has 6 heteroatoms. The van der Waals surface area contributed by atoms with E-state index in [1.807, 2.05) is 12.1 Å². The number of rotatable bonds is 7. The quantitative estimate of drug-likeness (QED) is 0.783. The molecule has 2 rings (SSSR count). The van der Waals surface area contributed by atoms with E-state index in [4.69, 9.17) is 20.4 Å². The molecule has 98 valence electrons. The van der Waals surface area contributed by atoms with Crippen molar-refractivity contribution in [3.05, 3.63) is 30.0 Å². The summed E-state index contributed by atoms with van der Waals surface area (Å²) in [5.41, 5.74) is 0. The molecule has 18 heavy (non-hydrogen) atoms. The van der Waals surface area contributed by atoms with Gasteiger partial charge >= 0.3 is 6.01 Å². The Morgan fingerprint density at radius 3 is 3.00 bits per heavy atom. The molecule has 0 aliphatic rings. The van der Waals surface area contributed by atoms with Crippen molar-refractivity contribution in [2.75, 3.05) is 11.2 Å². The van der Waals surface area contributed by atoms with Gasteiger partial charge in [-0.15, -0.1) is 16.7 Å². The molecule has 1 N–H and O–H groups in total. The van der Waals surface area contributed by atoms with Crippen LogP contribution in [0.25, 0.3) is 0 Å². The molecule has 0 amide bonds. The van der Waals surface area contributed by atoms with E-state index < -0.39 is 0 Å². The Bertz CT molecular complexity index is 456. The molecule has 0 saturated heterocycles. The number of halogens is 1. The van der Waals surface area contributed by atoms with Crippen molar-refractivity contribution in [1.82, 2.24) is 10.2 Å². The highest BCUT2D eigenvalue weighted by molar-refractivity contribution is 6.17. The highest BCUT2D eigenvalue weighted by Gasteiger charge is 2.09. The van der Waals surface area contributed by atoms with E-state index in [0.717, 1.165) is 18.6 Å². The Morgan fingerprint density at radius 2 is 2.28 bits per heavy atom. The number of furan rings is 1. The van der Waals surface area contributed by atoms with Crippen molar-refractivity contribution in [3.8, 4) is 0 Å². The standard InChI is InChI=1S/C12H16ClN3O2/c1-9(4-5-10-3-2-8-17-10)14-12-16-15-11(18-12)6-7-13/h2-3,8-9H,4-7H2,1H3,(H,14,16). The zero-order valence-electron chi connectivity index (χ0n) is 10.2. The molecule has 2 aromatic heterocycles. The zero-order chi connectivity index (χ0) is 12.8. The fraction of sp³-hybridized carbons (Fsp3) is 0.500. The van der Waals surface area contributed by atoms with E-state index in [0.29, 0.717) is 24.2 Å². The average Bonchev–Trinajstić information content (AvgIpc) is 2.99. The zero-order valence-corrected chi connectivity index (χ0v) is 11.0. The summed E-state index contributed by atoms with van der Waals surface area (Å²) in [5, 5.41) is 11.0. The number of aryl methyl sites for hydroxylation is 2. The molecule has 0 bridgehead atoms. The van der Waals surface area contributed by atoms with E-state index in [1.54, 1.807) is 6.26 Å². The molecule has 0 fully saturated rings. The minimum absolute atomic E-state index is 0.236. The number of hydrogen-bond donors (Lipinski definition) is 1. The fourth-order valence-electron chi connectivity index (χ4n) is 1.59. The first-order valence-corrected chi connectivity index (χ1v) is 6.48. The summed E-state index contributed by atoms with van der Waals surface area (Å²) in [5.74, 6) is 2.03. The van der Waals surface area contributed by atoms with Gasteiger partial charge in [-0.05, 0) is 25.5 Å². The smallest absolute Gasteiger partial charge is 0.315 e. The highest BCUT2D eigenvalue weighted by atomic mass is 35.5. The summed E-state index contributed by atoms with van der Waals surface area (Å²) in [6.45, 7) is 2.06. The van der Waals surface area contributed by atoms with Gasteiger partial charge in [0.1, 0.15) is 5.76 Å². The molecule has 5 nitrogen and oxygen atoms in total. The molecule has 2 heterocycles. The summed E-state index contributed by atoms with van der Waals surface area (Å²) in [4.78, 5) is 0. The summed E-state index contributed by atoms with van der Waals surface area (Å²) in [6.07, 6.45) is 4.09. The van der Waals surface area contributed by atoms with Gasteiger partial charge in [0.05, 0.1) is 6.26 Å². The van der Waals surface area contributed by atoms with Gasteiger partial charge in [-0.1, -0.05) is 5.10 Å². The van der Waals surface area contributed by atoms with Crippen LogP contribution < -0.4 is 5.32 Å². The monoisotopic (exact) mass is 269 g/mol. The van der Waals surface area contributed by atoms with E-state index >= 15 is 0 Å². The number of hydrogen-bond acceptors (Lipinski definition) is 5. The largest absolute Gasteiger partial charge is 0.469 e. The predicted molar refractivity (Wildman–Crippen MR) is 68.8 cm³/mol. The van der Waals surface area contributed by atoms with Crippen molar-refractivity contribution in [2.24, 2.45) is 0 Å². The molecular formula is C12H16ClN3O2. The number of aromatic nitrogens is 2. The van der Waals surface area contributed by atoms with Gasteiger partial charge in [-0.3, -0.25) is 0 Å². The lowest BCUT2D eigenvalue weighted by atomic mass is 10.1. The Morgan fingerprint density at radius 1 is 1.39 bits per heavy atom. The first-order chi connectivity index (χ1) is 8.78. The van der Waals surface area contributed by atoms with Crippen molar-refractivity contribution >= 4 is 17.6 Å². The van der Waals surface area contributed by atoms with Crippen LogP contribution in [-0.2, 0) is 12.8 Å². The second-order valence-electron chi connectivity index (χ2n) is 4.10. The third-order valence-corrected chi connectivity index (χ3v) is 2.74. The van der Waals surface area contributed by atoms with Crippen LogP contribution in [0.2, 0.25) is 0 Å². The van der Waals surface area contributed by atoms with Crippen molar-refractivity contribution in [3.63, 3.8) is 0 Å². The number of alkyl halides is 1. The molecule has 0 aromatic carbocycles. The molecule has 0 radical (unpaired) electrons. The molecule has 2 aromatic rings. The number of nitrogens with one attached hydrogen (secondary N) is 1. The van der Waals surface area contributed by atoms with Gasteiger partial charge in [0, 0.05) is 24.8 Å². The SMILES string of the molecule is CC(CCc1ccco1)Nc1nnc(CCCl)o1. The number of nitrogens with zero attached hydrogens (tertiary/aromatic N) is 2.